The van der Waals surface area contributed by atoms with Crippen molar-refractivity contribution in [3.63, 3.8) is 0 Å². The van der Waals surface area contributed by atoms with E-state index in [1.165, 1.54) is 40.3 Å². The van der Waals surface area contributed by atoms with Gasteiger partial charge < -0.3 is 0 Å². The van der Waals surface area contributed by atoms with Crippen molar-refractivity contribution in [1.29, 1.82) is 0 Å². The monoisotopic (exact) mass is 217 g/mol. The van der Waals surface area contributed by atoms with Crippen molar-refractivity contribution in [2.24, 2.45) is 0 Å². The number of halogens is 1. The molecule has 0 heterocycles. The first-order valence-electron chi connectivity index (χ1n) is 4.18. The van der Waals surface area contributed by atoms with Crippen molar-refractivity contribution in [3.8, 4) is 0 Å². The zero-order chi connectivity index (χ0) is 8.55. The summed E-state index contributed by atoms with van der Waals surface area (Å²) in [6.07, 6.45) is 3.63. The van der Waals surface area contributed by atoms with E-state index >= 15 is 0 Å². The number of rotatable bonds is 1. The molecular formula is C9H8B2Br. The largest absolute Gasteiger partial charge is 0.0960 e. The highest BCUT2D eigenvalue weighted by atomic mass is 79.9. The Morgan fingerprint density at radius 1 is 1.25 bits per heavy atom. The summed E-state index contributed by atoms with van der Waals surface area (Å²) in [5.41, 5.74) is 4.09. The smallest absolute Gasteiger partial charge is 0.0945 e. The van der Waals surface area contributed by atoms with E-state index in [0.717, 1.165) is 0 Å². The van der Waals surface area contributed by atoms with Gasteiger partial charge in [-0.25, -0.2) is 0 Å². The highest BCUT2D eigenvalue weighted by Crippen LogP contribution is 2.27. The van der Waals surface area contributed by atoms with E-state index in [4.69, 9.17) is 7.74 Å². The average molecular weight is 218 g/mol. The van der Waals surface area contributed by atoms with Gasteiger partial charge in [0.2, 0.25) is 0 Å². The Hall–Kier alpha value is -0.170. The van der Waals surface area contributed by atoms with E-state index in [1.54, 1.807) is 7.17 Å². The molecule has 57 valence electrons. The second-order valence-corrected chi connectivity index (χ2v) is 3.97. The van der Waals surface area contributed by atoms with E-state index < -0.39 is 0 Å². The zero-order valence-corrected chi connectivity index (χ0v) is 8.39. The van der Waals surface area contributed by atoms with E-state index in [2.05, 4.69) is 28.1 Å². The summed E-state index contributed by atoms with van der Waals surface area (Å²) in [5, 5.41) is 0. The van der Waals surface area contributed by atoms with Crippen LogP contribution in [-0.2, 0) is 12.8 Å². The lowest BCUT2D eigenvalue weighted by Gasteiger charge is -2.07. The minimum atomic E-state index is 1.18. The van der Waals surface area contributed by atoms with Crippen LogP contribution in [-0.4, -0.2) is 14.9 Å². The second-order valence-electron chi connectivity index (χ2n) is 3.11. The SMILES string of the molecule is [B][B]c1ccc(Br)c2c1CCC2. The van der Waals surface area contributed by atoms with Crippen LogP contribution in [0.2, 0.25) is 0 Å². The summed E-state index contributed by atoms with van der Waals surface area (Å²) < 4.78 is 1.24. The Balaban J connectivity index is 2.57. The number of fused-ring (bicyclic) bond motifs is 1. The lowest BCUT2D eigenvalue weighted by Crippen LogP contribution is -2.19. The standard InChI is InChI=1S/C9H8B2Br/c10-11-8-4-5-9(12)7-3-1-2-6(7)8/h4-5H,1-3H2. The lowest BCUT2D eigenvalue weighted by atomic mass is 9.50. The molecule has 1 aromatic carbocycles. The van der Waals surface area contributed by atoms with Gasteiger partial charge in [0.15, 0.2) is 0 Å². The van der Waals surface area contributed by atoms with Crippen LogP contribution in [0.25, 0.3) is 0 Å². The first-order chi connectivity index (χ1) is 5.83. The molecule has 0 nitrogen and oxygen atoms in total. The predicted molar refractivity (Wildman–Crippen MR) is 57.3 cm³/mol. The Kier molecular flexibility index (Phi) is 2.31. The maximum absolute atomic E-state index is 5.53. The van der Waals surface area contributed by atoms with E-state index in [9.17, 15) is 0 Å². The first kappa shape index (κ1) is 8.43. The fourth-order valence-corrected chi connectivity index (χ4v) is 2.42. The minimum absolute atomic E-state index is 1.18. The lowest BCUT2D eigenvalue weighted by molar-refractivity contribution is 0.912. The highest BCUT2D eigenvalue weighted by Gasteiger charge is 2.15. The zero-order valence-electron chi connectivity index (χ0n) is 6.81. The molecular weight excluding hydrogens is 210 g/mol. The summed E-state index contributed by atoms with van der Waals surface area (Å²) in [4.78, 5) is 0. The highest BCUT2D eigenvalue weighted by molar-refractivity contribution is 9.10. The summed E-state index contributed by atoms with van der Waals surface area (Å²) in [5.74, 6) is 0. The minimum Gasteiger partial charge on any atom is -0.0945 e. The van der Waals surface area contributed by atoms with Crippen molar-refractivity contribution in [2.45, 2.75) is 19.3 Å². The molecule has 0 amide bonds. The molecule has 2 rings (SSSR count). The van der Waals surface area contributed by atoms with Gasteiger partial charge in [-0.1, -0.05) is 33.0 Å². The van der Waals surface area contributed by atoms with Crippen LogP contribution in [0, 0.1) is 0 Å². The van der Waals surface area contributed by atoms with Gasteiger partial charge in [0.1, 0.15) is 0 Å². The van der Waals surface area contributed by atoms with Crippen molar-refractivity contribution < 1.29 is 0 Å². The normalized spacial score (nSPS) is 14.4. The third kappa shape index (κ3) is 1.24. The van der Waals surface area contributed by atoms with Gasteiger partial charge >= 0.3 is 0 Å². The van der Waals surface area contributed by atoms with Gasteiger partial charge in [-0.2, -0.15) is 0 Å². The van der Waals surface area contributed by atoms with E-state index in [-0.39, 0.29) is 0 Å². The van der Waals surface area contributed by atoms with Crippen molar-refractivity contribution in [1.82, 2.24) is 0 Å². The van der Waals surface area contributed by atoms with Gasteiger partial charge in [-0.15, -0.1) is 0 Å². The van der Waals surface area contributed by atoms with Gasteiger partial charge in [0.05, 0.1) is 7.17 Å². The van der Waals surface area contributed by atoms with Gasteiger partial charge in [-0.3, -0.25) is 0 Å². The Bertz CT molecular complexity index is 310. The summed E-state index contributed by atoms with van der Waals surface area (Å²) in [7, 11) is 7.24. The maximum Gasteiger partial charge on any atom is 0.0960 e. The van der Waals surface area contributed by atoms with Crippen LogP contribution in [0.3, 0.4) is 0 Å². The van der Waals surface area contributed by atoms with Crippen LogP contribution in [0.15, 0.2) is 16.6 Å². The van der Waals surface area contributed by atoms with Crippen molar-refractivity contribution in [2.75, 3.05) is 0 Å². The molecule has 3 heteroatoms. The second kappa shape index (κ2) is 3.29. The van der Waals surface area contributed by atoms with Gasteiger partial charge in [0.25, 0.3) is 0 Å². The molecule has 1 aliphatic carbocycles. The molecule has 0 saturated heterocycles. The fraction of sp³-hybridized carbons (Fsp3) is 0.333. The molecule has 0 aliphatic heterocycles. The third-order valence-electron chi connectivity index (χ3n) is 2.44. The molecule has 0 spiro atoms. The molecule has 12 heavy (non-hydrogen) atoms. The molecule has 0 unspecified atom stereocenters. The number of hydrogen-bond donors (Lipinski definition) is 0. The van der Waals surface area contributed by atoms with Crippen LogP contribution >= 0.6 is 15.9 Å². The maximum atomic E-state index is 5.53. The molecule has 0 fully saturated rings. The van der Waals surface area contributed by atoms with Crippen LogP contribution in [0.1, 0.15) is 17.5 Å². The molecule has 0 saturated carbocycles. The molecule has 0 aromatic heterocycles. The third-order valence-corrected chi connectivity index (χ3v) is 3.19. The topological polar surface area (TPSA) is 0 Å². The predicted octanol–water partition coefficient (Wildman–Crippen LogP) is 1.35. The molecule has 0 bridgehead atoms. The quantitative estimate of drug-likeness (QED) is 0.623. The van der Waals surface area contributed by atoms with Crippen molar-refractivity contribution >= 4 is 36.3 Å². The van der Waals surface area contributed by atoms with E-state index in [0.29, 0.717) is 0 Å². The fourth-order valence-electron chi connectivity index (χ4n) is 1.85. The summed E-state index contributed by atoms with van der Waals surface area (Å²) in [6.45, 7) is 0. The summed E-state index contributed by atoms with van der Waals surface area (Å²) in [6, 6.07) is 4.16. The first-order valence-corrected chi connectivity index (χ1v) is 4.97. The number of benzene rings is 1. The van der Waals surface area contributed by atoms with Crippen LogP contribution in [0.4, 0.5) is 0 Å². The van der Waals surface area contributed by atoms with Crippen LogP contribution in [0.5, 0.6) is 0 Å². The van der Waals surface area contributed by atoms with Crippen LogP contribution < -0.4 is 5.46 Å². The molecule has 0 N–H and O–H groups in total. The molecule has 3 radical (unpaired) electrons. The summed E-state index contributed by atoms with van der Waals surface area (Å²) >= 11 is 3.56. The Labute approximate surface area is 83.5 Å². The Morgan fingerprint density at radius 2 is 2.00 bits per heavy atom. The average Bonchev–Trinajstić information content (AvgIpc) is 2.54. The molecule has 0 atom stereocenters. The molecule has 1 aliphatic rings. The van der Waals surface area contributed by atoms with Gasteiger partial charge in [-0.05, 0) is 30.9 Å². The van der Waals surface area contributed by atoms with E-state index in [1.807, 2.05) is 0 Å². The molecule has 1 aromatic rings. The van der Waals surface area contributed by atoms with Gasteiger partial charge in [0, 0.05) is 12.2 Å². The Morgan fingerprint density at radius 3 is 2.75 bits per heavy atom. The number of hydrogen-bond acceptors (Lipinski definition) is 0. The van der Waals surface area contributed by atoms with Crippen molar-refractivity contribution in [3.05, 3.63) is 27.7 Å².